The minimum absolute atomic E-state index is 0.00328. The van der Waals surface area contributed by atoms with Crippen molar-refractivity contribution < 1.29 is 18.7 Å². The summed E-state index contributed by atoms with van der Waals surface area (Å²) in [5.74, 6) is -0.0971. The Labute approximate surface area is 205 Å². The molecule has 33 heavy (non-hydrogen) atoms. The van der Waals surface area contributed by atoms with E-state index in [1.54, 1.807) is 45.0 Å². The fourth-order valence-electron chi connectivity index (χ4n) is 4.31. The van der Waals surface area contributed by atoms with Gasteiger partial charge in [-0.1, -0.05) is 23.2 Å². The van der Waals surface area contributed by atoms with E-state index in [4.69, 9.17) is 32.7 Å². The van der Waals surface area contributed by atoms with Crippen LogP contribution in [0.25, 0.3) is 0 Å². The van der Waals surface area contributed by atoms with Crippen LogP contribution < -0.4 is 4.74 Å². The number of carbonyl (C=O) groups is 1. The minimum Gasteiger partial charge on any atom is -0.489 e. The van der Waals surface area contributed by atoms with Gasteiger partial charge in [0.05, 0.1) is 5.56 Å². The average Bonchev–Trinajstić information content (AvgIpc) is 3.51. The summed E-state index contributed by atoms with van der Waals surface area (Å²) < 4.78 is 26.5. The van der Waals surface area contributed by atoms with Gasteiger partial charge in [0.25, 0.3) is 0 Å². The number of ether oxygens (including phenoxy) is 2. The molecule has 0 spiro atoms. The molecule has 1 aliphatic heterocycles. The van der Waals surface area contributed by atoms with Crippen LogP contribution in [-0.4, -0.2) is 35.7 Å². The monoisotopic (exact) mass is 493 g/mol. The van der Waals surface area contributed by atoms with Crippen LogP contribution in [0.2, 0.25) is 10.0 Å². The molecule has 2 aliphatic rings. The van der Waals surface area contributed by atoms with Crippen LogP contribution in [0, 0.1) is 5.82 Å². The molecule has 178 valence electrons. The summed E-state index contributed by atoms with van der Waals surface area (Å²) in [5.41, 5.74) is 1.35. The largest absolute Gasteiger partial charge is 0.489 e. The molecule has 0 aromatic heterocycles. The Morgan fingerprint density at radius 1 is 1.09 bits per heavy atom. The number of benzene rings is 2. The molecule has 4 rings (SSSR count). The van der Waals surface area contributed by atoms with Crippen LogP contribution in [0.15, 0.2) is 30.3 Å². The summed E-state index contributed by atoms with van der Waals surface area (Å²) in [6.45, 7) is 7.61. The van der Waals surface area contributed by atoms with Gasteiger partial charge < -0.3 is 9.47 Å². The minimum atomic E-state index is -0.669. The Bertz CT molecular complexity index is 1010. The second-order valence-electron chi connectivity index (χ2n) is 10.0. The van der Waals surface area contributed by atoms with E-state index in [0.717, 1.165) is 49.9 Å². The van der Waals surface area contributed by atoms with Crippen molar-refractivity contribution in [1.82, 2.24) is 4.90 Å². The molecule has 0 N–H and O–H groups in total. The molecule has 0 bridgehead atoms. The first-order chi connectivity index (χ1) is 15.6. The Morgan fingerprint density at radius 3 is 2.42 bits per heavy atom. The highest BCUT2D eigenvalue weighted by Crippen LogP contribution is 2.43. The van der Waals surface area contributed by atoms with E-state index in [1.807, 2.05) is 0 Å². The number of hydrogen-bond acceptors (Lipinski definition) is 4. The number of hydrogen-bond donors (Lipinski definition) is 0. The van der Waals surface area contributed by atoms with Crippen molar-refractivity contribution in [3.05, 3.63) is 62.9 Å². The summed E-state index contributed by atoms with van der Waals surface area (Å²) in [6, 6.07) is 8.44. The normalized spacial score (nSPS) is 19.4. The number of halogens is 3. The number of esters is 1. The molecule has 2 aromatic carbocycles. The lowest BCUT2D eigenvalue weighted by Crippen LogP contribution is -2.40. The quantitative estimate of drug-likeness (QED) is 0.405. The fraction of sp³-hybridized carbons (Fsp3) is 0.500. The molecule has 2 aromatic rings. The molecular formula is C26H30Cl2FNO3. The highest BCUT2D eigenvalue weighted by atomic mass is 35.5. The third kappa shape index (κ3) is 6.62. The first-order valence-corrected chi connectivity index (χ1v) is 12.2. The van der Waals surface area contributed by atoms with Crippen LogP contribution in [0.1, 0.15) is 73.9 Å². The second-order valence-corrected chi connectivity index (χ2v) is 10.9. The van der Waals surface area contributed by atoms with E-state index in [-0.39, 0.29) is 11.7 Å². The highest BCUT2D eigenvalue weighted by molar-refractivity contribution is 6.34. The SMILES string of the molecule is CC(C)(C)OC(=O)c1cc(C2CC2)c(CN2CCC[C@H](Oc3cc(Cl)cc(Cl)c3)C2)cc1F. The van der Waals surface area contributed by atoms with Gasteiger partial charge in [-0.25, -0.2) is 9.18 Å². The van der Waals surface area contributed by atoms with E-state index in [0.29, 0.717) is 28.3 Å². The molecule has 1 aliphatic carbocycles. The Morgan fingerprint density at radius 2 is 1.79 bits per heavy atom. The molecular weight excluding hydrogens is 464 g/mol. The summed E-state index contributed by atoms with van der Waals surface area (Å²) in [4.78, 5) is 14.8. The zero-order valence-corrected chi connectivity index (χ0v) is 20.8. The Kier molecular flexibility index (Phi) is 7.23. The van der Waals surface area contributed by atoms with Crippen molar-refractivity contribution in [1.29, 1.82) is 0 Å². The van der Waals surface area contributed by atoms with Crippen molar-refractivity contribution in [2.24, 2.45) is 0 Å². The van der Waals surface area contributed by atoms with Gasteiger partial charge in [0.2, 0.25) is 0 Å². The van der Waals surface area contributed by atoms with Gasteiger partial charge in [0, 0.05) is 23.1 Å². The van der Waals surface area contributed by atoms with Gasteiger partial charge >= 0.3 is 5.97 Å². The number of carbonyl (C=O) groups excluding carboxylic acids is 1. The van der Waals surface area contributed by atoms with Gasteiger partial charge in [-0.3, -0.25) is 4.90 Å². The van der Waals surface area contributed by atoms with Crippen molar-refractivity contribution in [2.75, 3.05) is 13.1 Å². The zero-order chi connectivity index (χ0) is 23.8. The van der Waals surface area contributed by atoms with Crippen molar-refractivity contribution in [3.8, 4) is 5.75 Å². The zero-order valence-electron chi connectivity index (χ0n) is 19.3. The predicted molar refractivity (Wildman–Crippen MR) is 129 cm³/mol. The molecule has 1 saturated carbocycles. The summed E-state index contributed by atoms with van der Waals surface area (Å²) in [7, 11) is 0. The molecule has 0 unspecified atom stereocenters. The van der Waals surface area contributed by atoms with E-state index >= 15 is 0 Å². The Hall–Kier alpha value is -1.82. The summed E-state index contributed by atoms with van der Waals surface area (Å²) in [6.07, 6.45) is 4.04. The molecule has 2 fully saturated rings. The van der Waals surface area contributed by atoms with Crippen LogP contribution in [0.4, 0.5) is 4.39 Å². The molecule has 1 heterocycles. The van der Waals surface area contributed by atoms with E-state index in [1.165, 1.54) is 6.07 Å². The lowest BCUT2D eigenvalue weighted by atomic mass is 9.97. The molecule has 1 saturated heterocycles. The first kappa shape index (κ1) is 24.3. The molecule has 0 amide bonds. The molecule has 0 radical (unpaired) electrons. The van der Waals surface area contributed by atoms with Gasteiger partial charge in [-0.15, -0.1) is 0 Å². The lowest BCUT2D eigenvalue weighted by Gasteiger charge is -2.33. The topological polar surface area (TPSA) is 38.8 Å². The molecule has 1 atom stereocenters. The molecule has 7 heteroatoms. The molecule has 4 nitrogen and oxygen atoms in total. The third-order valence-corrected chi connectivity index (χ3v) is 6.30. The maximum absolute atomic E-state index is 15.0. The maximum atomic E-state index is 15.0. The smallest absolute Gasteiger partial charge is 0.341 e. The second kappa shape index (κ2) is 9.81. The fourth-order valence-corrected chi connectivity index (χ4v) is 4.82. The number of rotatable bonds is 6. The van der Waals surface area contributed by atoms with Gasteiger partial charge in [-0.2, -0.15) is 0 Å². The van der Waals surface area contributed by atoms with Crippen LogP contribution >= 0.6 is 23.2 Å². The van der Waals surface area contributed by atoms with Gasteiger partial charge in [0.1, 0.15) is 23.3 Å². The lowest BCUT2D eigenvalue weighted by molar-refractivity contribution is 0.00645. The van der Waals surface area contributed by atoms with Crippen molar-refractivity contribution in [2.45, 2.75) is 70.6 Å². The van der Waals surface area contributed by atoms with E-state index in [9.17, 15) is 9.18 Å². The van der Waals surface area contributed by atoms with Crippen LogP contribution in [0.5, 0.6) is 5.75 Å². The highest BCUT2D eigenvalue weighted by Gasteiger charge is 2.31. The number of nitrogens with zero attached hydrogens (tertiary/aromatic N) is 1. The van der Waals surface area contributed by atoms with Gasteiger partial charge in [-0.05, 0) is 100 Å². The third-order valence-electron chi connectivity index (χ3n) is 5.86. The summed E-state index contributed by atoms with van der Waals surface area (Å²) >= 11 is 12.2. The maximum Gasteiger partial charge on any atom is 0.341 e. The standard InChI is InChI=1S/C26H30Cl2FNO3/c1-26(2,3)33-25(31)23-13-22(16-6-7-16)17(9-24(23)29)14-30-8-4-5-20(15-30)32-21-11-18(27)10-19(28)12-21/h9-13,16,20H,4-8,14-15H2,1-3H3/t20-/m0/s1. The average molecular weight is 494 g/mol. The first-order valence-electron chi connectivity index (χ1n) is 11.5. The van der Waals surface area contributed by atoms with Gasteiger partial charge in [0.15, 0.2) is 0 Å². The number of piperidine rings is 1. The van der Waals surface area contributed by atoms with E-state index in [2.05, 4.69) is 4.90 Å². The number of likely N-dealkylation sites (tertiary alicyclic amines) is 1. The van der Waals surface area contributed by atoms with Crippen molar-refractivity contribution >= 4 is 29.2 Å². The Balaban J connectivity index is 1.48. The van der Waals surface area contributed by atoms with Crippen molar-refractivity contribution in [3.63, 3.8) is 0 Å². The summed E-state index contributed by atoms with van der Waals surface area (Å²) in [5, 5.41) is 1.08. The van der Waals surface area contributed by atoms with Crippen LogP contribution in [-0.2, 0) is 11.3 Å². The van der Waals surface area contributed by atoms with E-state index < -0.39 is 17.4 Å². The predicted octanol–water partition coefficient (Wildman–Crippen LogP) is 7.01. The van der Waals surface area contributed by atoms with Crippen LogP contribution in [0.3, 0.4) is 0 Å².